The van der Waals surface area contributed by atoms with E-state index in [4.69, 9.17) is 13.6 Å². The van der Waals surface area contributed by atoms with E-state index in [-0.39, 0.29) is 17.0 Å². The molecular formula is C26H18FNO5. The number of halogens is 1. The van der Waals surface area contributed by atoms with E-state index < -0.39 is 17.5 Å². The van der Waals surface area contributed by atoms with Gasteiger partial charge in [-0.05, 0) is 61.5 Å². The molecule has 0 saturated heterocycles. The highest BCUT2D eigenvalue weighted by Crippen LogP contribution is 2.35. The molecular weight excluding hydrogens is 425 g/mol. The SMILES string of the molecule is COc1ccc2oc(C)c(C(=O)Nc3c(C(=O)c4ccc(F)cc4)oc4ccccc34)c2c1. The third-order valence-electron chi connectivity index (χ3n) is 5.44. The molecule has 0 aliphatic carbocycles. The lowest BCUT2D eigenvalue weighted by molar-refractivity contribution is 0.101. The lowest BCUT2D eigenvalue weighted by atomic mass is 10.1. The van der Waals surface area contributed by atoms with Crippen molar-refractivity contribution in [2.24, 2.45) is 0 Å². The summed E-state index contributed by atoms with van der Waals surface area (Å²) in [5.74, 6) is -0.425. The number of ether oxygens (including phenoxy) is 1. The maximum Gasteiger partial charge on any atom is 0.259 e. The fourth-order valence-electron chi connectivity index (χ4n) is 3.85. The van der Waals surface area contributed by atoms with Crippen molar-refractivity contribution in [3.63, 3.8) is 0 Å². The first-order chi connectivity index (χ1) is 16.0. The molecule has 0 aliphatic heterocycles. The van der Waals surface area contributed by atoms with Gasteiger partial charge in [0.1, 0.15) is 28.5 Å². The van der Waals surface area contributed by atoms with Crippen molar-refractivity contribution in [2.45, 2.75) is 6.92 Å². The molecule has 1 amide bonds. The molecule has 164 valence electrons. The van der Waals surface area contributed by atoms with Crippen LogP contribution in [-0.2, 0) is 0 Å². The number of rotatable bonds is 5. The third kappa shape index (κ3) is 3.53. The van der Waals surface area contributed by atoms with E-state index in [1.54, 1.807) is 56.5 Å². The molecule has 0 spiro atoms. The molecule has 7 heteroatoms. The van der Waals surface area contributed by atoms with Gasteiger partial charge in [0.25, 0.3) is 5.91 Å². The number of para-hydroxylation sites is 1. The van der Waals surface area contributed by atoms with E-state index >= 15 is 0 Å². The maximum absolute atomic E-state index is 13.4. The second kappa shape index (κ2) is 7.94. The van der Waals surface area contributed by atoms with E-state index in [9.17, 15) is 14.0 Å². The smallest absolute Gasteiger partial charge is 0.259 e. The Morgan fingerprint density at radius 2 is 1.64 bits per heavy atom. The zero-order chi connectivity index (χ0) is 23.1. The number of ketones is 1. The van der Waals surface area contributed by atoms with Gasteiger partial charge >= 0.3 is 0 Å². The van der Waals surface area contributed by atoms with Crippen LogP contribution in [0.4, 0.5) is 10.1 Å². The van der Waals surface area contributed by atoms with Gasteiger partial charge in [-0.3, -0.25) is 9.59 Å². The minimum Gasteiger partial charge on any atom is -0.497 e. The molecule has 0 fully saturated rings. The number of hydrogen-bond donors (Lipinski definition) is 1. The molecule has 33 heavy (non-hydrogen) atoms. The Morgan fingerprint density at radius 3 is 2.39 bits per heavy atom. The summed E-state index contributed by atoms with van der Waals surface area (Å²) in [6.07, 6.45) is 0. The highest BCUT2D eigenvalue weighted by molar-refractivity contribution is 6.21. The van der Waals surface area contributed by atoms with Crippen LogP contribution in [0.3, 0.4) is 0 Å². The van der Waals surface area contributed by atoms with Crippen LogP contribution in [0.15, 0.2) is 75.6 Å². The molecule has 0 radical (unpaired) electrons. The Balaban J connectivity index is 1.61. The maximum atomic E-state index is 13.4. The van der Waals surface area contributed by atoms with Gasteiger partial charge in [0.15, 0.2) is 5.76 Å². The summed E-state index contributed by atoms with van der Waals surface area (Å²) in [7, 11) is 1.54. The summed E-state index contributed by atoms with van der Waals surface area (Å²) in [5.41, 5.74) is 1.78. The van der Waals surface area contributed by atoms with Crippen molar-refractivity contribution in [3.8, 4) is 5.75 Å². The van der Waals surface area contributed by atoms with Crippen molar-refractivity contribution in [3.05, 3.63) is 95.2 Å². The number of benzene rings is 3. The highest BCUT2D eigenvalue weighted by Gasteiger charge is 2.26. The summed E-state index contributed by atoms with van der Waals surface area (Å²) in [6.45, 7) is 1.69. The Kier molecular flexibility index (Phi) is 4.94. The Hall–Kier alpha value is -4.39. The van der Waals surface area contributed by atoms with Gasteiger partial charge in [0, 0.05) is 16.3 Å². The number of methoxy groups -OCH3 is 1. The van der Waals surface area contributed by atoms with Crippen LogP contribution in [0.1, 0.15) is 32.2 Å². The van der Waals surface area contributed by atoms with Crippen molar-refractivity contribution < 1.29 is 27.6 Å². The van der Waals surface area contributed by atoms with Gasteiger partial charge in [-0.2, -0.15) is 0 Å². The summed E-state index contributed by atoms with van der Waals surface area (Å²) in [5, 5.41) is 4.00. The second-order valence-electron chi connectivity index (χ2n) is 7.49. The fraction of sp³-hybridized carbons (Fsp3) is 0.0769. The molecule has 5 aromatic rings. The number of carbonyl (C=O) groups excluding carboxylic acids is 2. The topological polar surface area (TPSA) is 81.7 Å². The summed E-state index contributed by atoms with van der Waals surface area (Å²) in [4.78, 5) is 26.6. The number of amides is 1. The van der Waals surface area contributed by atoms with E-state index in [0.29, 0.717) is 39.0 Å². The number of furan rings is 2. The number of hydrogen-bond acceptors (Lipinski definition) is 5. The number of carbonyl (C=O) groups is 2. The first kappa shape index (κ1) is 20.5. The molecule has 0 unspecified atom stereocenters. The van der Waals surface area contributed by atoms with Crippen molar-refractivity contribution >= 4 is 39.3 Å². The molecule has 6 nitrogen and oxygen atoms in total. The highest BCUT2D eigenvalue weighted by atomic mass is 19.1. The first-order valence-electron chi connectivity index (χ1n) is 10.2. The molecule has 5 rings (SSSR count). The third-order valence-corrected chi connectivity index (χ3v) is 5.44. The predicted molar refractivity (Wildman–Crippen MR) is 122 cm³/mol. The van der Waals surface area contributed by atoms with Crippen LogP contribution < -0.4 is 10.1 Å². The number of anilines is 1. The van der Waals surface area contributed by atoms with Crippen LogP contribution in [0, 0.1) is 12.7 Å². The lowest BCUT2D eigenvalue weighted by Gasteiger charge is -2.07. The number of aryl methyl sites for hydroxylation is 1. The van der Waals surface area contributed by atoms with Crippen LogP contribution in [0.2, 0.25) is 0 Å². The summed E-state index contributed by atoms with van der Waals surface area (Å²) < 4.78 is 30.2. The zero-order valence-corrected chi connectivity index (χ0v) is 17.8. The molecule has 0 bridgehead atoms. The normalized spacial score (nSPS) is 11.1. The first-order valence-corrected chi connectivity index (χ1v) is 10.2. The zero-order valence-electron chi connectivity index (χ0n) is 17.8. The second-order valence-corrected chi connectivity index (χ2v) is 7.49. The fourth-order valence-corrected chi connectivity index (χ4v) is 3.85. The average molecular weight is 443 g/mol. The van der Waals surface area contributed by atoms with Gasteiger partial charge in [-0.25, -0.2) is 4.39 Å². The Bertz CT molecular complexity index is 1530. The van der Waals surface area contributed by atoms with Gasteiger partial charge in [-0.15, -0.1) is 0 Å². The molecule has 0 atom stereocenters. The minimum atomic E-state index is -0.475. The van der Waals surface area contributed by atoms with Crippen molar-refractivity contribution in [2.75, 3.05) is 12.4 Å². The van der Waals surface area contributed by atoms with Gasteiger partial charge in [0.05, 0.1) is 18.4 Å². The number of nitrogens with one attached hydrogen (secondary N) is 1. The minimum absolute atomic E-state index is 0.0424. The van der Waals surface area contributed by atoms with Crippen LogP contribution in [0.5, 0.6) is 5.75 Å². The van der Waals surface area contributed by atoms with E-state index in [0.717, 1.165) is 0 Å². The van der Waals surface area contributed by atoms with Crippen LogP contribution >= 0.6 is 0 Å². The number of fused-ring (bicyclic) bond motifs is 2. The summed E-state index contributed by atoms with van der Waals surface area (Å²) >= 11 is 0. The van der Waals surface area contributed by atoms with Gasteiger partial charge in [0.2, 0.25) is 5.78 Å². The molecule has 2 aromatic heterocycles. The Labute approximate surface area is 187 Å². The quantitative estimate of drug-likeness (QED) is 0.331. The molecule has 3 aromatic carbocycles. The molecule has 1 N–H and O–H groups in total. The van der Waals surface area contributed by atoms with E-state index in [1.165, 1.54) is 24.3 Å². The van der Waals surface area contributed by atoms with Crippen LogP contribution in [-0.4, -0.2) is 18.8 Å². The standard InChI is InChI=1S/C26H18FNO5/c1-14-22(19-13-17(31-2)11-12-21(19)32-14)26(30)28-23-18-5-3-4-6-20(18)33-25(23)24(29)15-7-9-16(27)10-8-15/h3-13H,1-2H3,(H,28,30). The lowest BCUT2D eigenvalue weighted by Crippen LogP contribution is -2.15. The summed E-state index contributed by atoms with van der Waals surface area (Å²) in [6, 6.07) is 17.3. The van der Waals surface area contributed by atoms with E-state index in [1.807, 2.05) is 0 Å². The van der Waals surface area contributed by atoms with Crippen LogP contribution in [0.25, 0.3) is 21.9 Å². The molecule has 0 aliphatic rings. The monoisotopic (exact) mass is 443 g/mol. The molecule has 0 saturated carbocycles. The average Bonchev–Trinajstić information content (AvgIpc) is 3.35. The van der Waals surface area contributed by atoms with Crippen molar-refractivity contribution in [1.82, 2.24) is 0 Å². The van der Waals surface area contributed by atoms with Crippen molar-refractivity contribution in [1.29, 1.82) is 0 Å². The predicted octanol–water partition coefficient (Wildman–Crippen LogP) is 6.12. The van der Waals surface area contributed by atoms with Gasteiger partial charge in [-0.1, -0.05) is 12.1 Å². The largest absolute Gasteiger partial charge is 0.497 e. The van der Waals surface area contributed by atoms with E-state index in [2.05, 4.69) is 5.32 Å². The Morgan fingerprint density at radius 1 is 0.909 bits per heavy atom. The van der Waals surface area contributed by atoms with Gasteiger partial charge < -0.3 is 18.9 Å². The molecule has 2 heterocycles.